The Hall–Kier alpha value is -2.55. The highest BCUT2D eigenvalue weighted by Gasteiger charge is 2.22. The van der Waals surface area contributed by atoms with Crippen LogP contribution in [0.2, 0.25) is 0 Å². The molecular formula is C25H34N4O. The maximum Gasteiger partial charge on any atom is 0.118 e. The van der Waals surface area contributed by atoms with E-state index in [0.29, 0.717) is 12.5 Å². The highest BCUT2D eigenvalue weighted by Crippen LogP contribution is 2.26. The van der Waals surface area contributed by atoms with Gasteiger partial charge in [0.25, 0.3) is 0 Å². The SMILES string of the molecule is COc1ccc([C@H](CNCc2ccc(N(C)CCC#N)cc2)N2CCCCC2)cc1. The zero-order valence-electron chi connectivity index (χ0n) is 18.3. The maximum absolute atomic E-state index is 8.76. The third-order valence-electron chi connectivity index (χ3n) is 5.93. The van der Waals surface area contributed by atoms with Gasteiger partial charge in [0.15, 0.2) is 0 Å². The normalized spacial score (nSPS) is 15.4. The number of piperidine rings is 1. The summed E-state index contributed by atoms with van der Waals surface area (Å²) in [6.07, 6.45) is 4.46. The molecule has 0 bridgehead atoms. The van der Waals surface area contributed by atoms with Crippen LogP contribution < -0.4 is 15.0 Å². The van der Waals surface area contributed by atoms with Crippen LogP contribution in [0.15, 0.2) is 48.5 Å². The third-order valence-corrected chi connectivity index (χ3v) is 5.93. The molecule has 1 atom stereocenters. The van der Waals surface area contributed by atoms with Crippen molar-refractivity contribution in [2.45, 2.75) is 38.3 Å². The van der Waals surface area contributed by atoms with Crippen LogP contribution in [0.5, 0.6) is 5.75 Å². The fraction of sp³-hybridized carbons (Fsp3) is 0.480. The minimum atomic E-state index is 0.382. The molecule has 1 aliphatic heterocycles. The minimum Gasteiger partial charge on any atom is -0.497 e. The van der Waals surface area contributed by atoms with E-state index in [9.17, 15) is 0 Å². The van der Waals surface area contributed by atoms with Crippen molar-refractivity contribution in [2.24, 2.45) is 0 Å². The minimum absolute atomic E-state index is 0.382. The number of benzene rings is 2. The van der Waals surface area contributed by atoms with Crippen LogP contribution in [-0.2, 0) is 6.54 Å². The Kier molecular flexibility index (Phi) is 8.55. The number of anilines is 1. The fourth-order valence-electron chi connectivity index (χ4n) is 4.08. The van der Waals surface area contributed by atoms with E-state index >= 15 is 0 Å². The molecule has 1 fully saturated rings. The predicted molar refractivity (Wildman–Crippen MR) is 123 cm³/mol. The number of likely N-dealkylation sites (tertiary alicyclic amines) is 1. The van der Waals surface area contributed by atoms with Crippen molar-refractivity contribution in [1.82, 2.24) is 10.2 Å². The van der Waals surface area contributed by atoms with Gasteiger partial charge in [0.1, 0.15) is 5.75 Å². The molecule has 2 aromatic rings. The maximum atomic E-state index is 8.76. The first kappa shape index (κ1) is 22.1. The van der Waals surface area contributed by atoms with Crippen LogP contribution in [0.25, 0.3) is 0 Å². The number of nitrogens with one attached hydrogen (secondary N) is 1. The second-order valence-electron chi connectivity index (χ2n) is 8.01. The van der Waals surface area contributed by atoms with Crippen molar-refractivity contribution in [3.63, 3.8) is 0 Å². The van der Waals surface area contributed by atoms with Gasteiger partial charge in [-0.25, -0.2) is 0 Å². The molecule has 0 unspecified atom stereocenters. The van der Waals surface area contributed by atoms with Gasteiger partial charge in [-0.15, -0.1) is 0 Å². The Labute approximate surface area is 181 Å². The average molecular weight is 407 g/mol. The van der Waals surface area contributed by atoms with Gasteiger partial charge in [-0.2, -0.15) is 5.26 Å². The van der Waals surface area contributed by atoms with Crippen LogP contribution in [-0.4, -0.2) is 45.2 Å². The van der Waals surface area contributed by atoms with Crippen molar-refractivity contribution >= 4 is 5.69 Å². The first-order valence-electron chi connectivity index (χ1n) is 11.0. The lowest BCUT2D eigenvalue weighted by Crippen LogP contribution is -2.39. The molecule has 160 valence electrons. The molecular weight excluding hydrogens is 372 g/mol. The highest BCUT2D eigenvalue weighted by atomic mass is 16.5. The van der Waals surface area contributed by atoms with Gasteiger partial charge in [0.05, 0.1) is 19.6 Å². The molecule has 1 saturated heterocycles. The summed E-state index contributed by atoms with van der Waals surface area (Å²) in [5.74, 6) is 0.906. The van der Waals surface area contributed by atoms with Gasteiger partial charge >= 0.3 is 0 Å². The molecule has 1 aliphatic rings. The van der Waals surface area contributed by atoms with E-state index in [1.54, 1.807) is 7.11 Å². The van der Waals surface area contributed by atoms with E-state index in [4.69, 9.17) is 10.00 Å². The van der Waals surface area contributed by atoms with E-state index < -0.39 is 0 Å². The Morgan fingerprint density at radius 1 is 1.07 bits per heavy atom. The van der Waals surface area contributed by atoms with Crippen molar-refractivity contribution in [3.05, 3.63) is 59.7 Å². The van der Waals surface area contributed by atoms with Gasteiger partial charge in [-0.05, 0) is 61.3 Å². The average Bonchev–Trinajstić information content (AvgIpc) is 2.81. The smallest absolute Gasteiger partial charge is 0.118 e. The quantitative estimate of drug-likeness (QED) is 0.635. The largest absolute Gasteiger partial charge is 0.497 e. The summed E-state index contributed by atoms with van der Waals surface area (Å²) in [5.41, 5.74) is 3.78. The Morgan fingerprint density at radius 3 is 2.40 bits per heavy atom. The number of ether oxygens (including phenoxy) is 1. The van der Waals surface area contributed by atoms with Gasteiger partial charge in [0.2, 0.25) is 0 Å². The van der Waals surface area contributed by atoms with Crippen molar-refractivity contribution < 1.29 is 4.74 Å². The molecule has 2 aromatic carbocycles. The Balaban J connectivity index is 1.59. The molecule has 0 saturated carbocycles. The molecule has 5 nitrogen and oxygen atoms in total. The molecule has 1 heterocycles. The Bertz CT molecular complexity index is 791. The highest BCUT2D eigenvalue weighted by molar-refractivity contribution is 5.46. The van der Waals surface area contributed by atoms with E-state index in [2.05, 4.69) is 69.7 Å². The molecule has 0 aromatic heterocycles. The van der Waals surface area contributed by atoms with Crippen molar-refractivity contribution in [2.75, 3.05) is 45.2 Å². The Morgan fingerprint density at radius 2 is 1.77 bits per heavy atom. The zero-order valence-corrected chi connectivity index (χ0v) is 18.3. The van der Waals surface area contributed by atoms with Gasteiger partial charge < -0.3 is 15.0 Å². The summed E-state index contributed by atoms with van der Waals surface area (Å²) in [4.78, 5) is 4.74. The number of hydrogen-bond donors (Lipinski definition) is 1. The van der Waals surface area contributed by atoms with E-state index in [1.807, 2.05) is 7.05 Å². The summed E-state index contributed by atoms with van der Waals surface area (Å²) in [5, 5.41) is 12.4. The number of rotatable bonds is 10. The van der Waals surface area contributed by atoms with Gasteiger partial charge in [0, 0.05) is 38.4 Å². The van der Waals surface area contributed by atoms with Crippen LogP contribution in [0.4, 0.5) is 5.69 Å². The van der Waals surface area contributed by atoms with Crippen LogP contribution in [0.3, 0.4) is 0 Å². The van der Waals surface area contributed by atoms with Crippen LogP contribution in [0, 0.1) is 11.3 Å². The fourth-order valence-corrected chi connectivity index (χ4v) is 4.08. The molecule has 1 N–H and O–H groups in total. The molecule has 0 radical (unpaired) electrons. The standard InChI is InChI=1S/C25H34N4O/c1-28(16-6-15-26)23-11-7-21(8-12-23)19-27-20-25(29-17-4-3-5-18-29)22-9-13-24(30-2)14-10-22/h7-14,25,27H,3-6,16-20H2,1-2H3/t25-/m0/s1. The second-order valence-corrected chi connectivity index (χ2v) is 8.01. The number of methoxy groups -OCH3 is 1. The summed E-state index contributed by atoms with van der Waals surface area (Å²) in [6, 6.07) is 19.7. The van der Waals surface area contributed by atoms with Crippen molar-refractivity contribution in [3.8, 4) is 11.8 Å². The van der Waals surface area contributed by atoms with Gasteiger partial charge in [-0.3, -0.25) is 4.90 Å². The third kappa shape index (κ3) is 6.22. The first-order valence-corrected chi connectivity index (χ1v) is 11.0. The second kappa shape index (κ2) is 11.6. The zero-order chi connectivity index (χ0) is 21.2. The number of nitrogens with zero attached hydrogens (tertiary/aromatic N) is 3. The first-order chi connectivity index (χ1) is 14.7. The number of hydrogen-bond acceptors (Lipinski definition) is 5. The monoisotopic (exact) mass is 406 g/mol. The molecule has 30 heavy (non-hydrogen) atoms. The lowest BCUT2D eigenvalue weighted by atomic mass is 10.0. The summed E-state index contributed by atoms with van der Waals surface area (Å²) < 4.78 is 5.33. The lowest BCUT2D eigenvalue weighted by molar-refractivity contribution is 0.160. The molecule has 0 amide bonds. The molecule has 5 heteroatoms. The molecule has 3 rings (SSSR count). The van der Waals surface area contributed by atoms with E-state index in [1.165, 1.54) is 43.5 Å². The summed E-state index contributed by atoms with van der Waals surface area (Å²) >= 11 is 0. The van der Waals surface area contributed by atoms with E-state index in [-0.39, 0.29) is 0 Å². The lowest BCUT2D eigenvalue weighted by Gasteiger charge is -2.35. The van der Waals surface area contributed by atoms with Crippen LogP contribution >= 0.6 is 0 Å². The summed E-state index contributed by atoms with van der Waals surface area (Å²) in [7, 11) is 3.74. The van der Waals surface area contributed by atoms with Crippen molar-refractivity contribution in [1.29, 1.82) is 5.26 Å². The number of nitriles is 1. The molecule has 0 aliphatic carbocycles. The van der Waals surface area contributed by atoms with Crippen LogP contribution in [0.1, 0.15) is 42.9 Å². The topological polar surface area (TPSA) is 51.5 Å². The molecule has 0 spiro atoms. The predicted octanol–water partition coefficient (Wildman–Crippen LogP) is 4.36. The summed E-state index contributed by atoms with van der Waals surface area (Å²) in [6.45, 7) is 4.87. The van der Waals surface area contributed by atoms with Gasteiger partial charge in [-0.1, -0.05) is 30.7 Å². The van der Waals surface area contributed by atoms with E-state index in [0.717, 1.165) is 31.1 Å².